The summed E-state index contributed by atoms with van der Waals surface area (Å²) < 4.78 is 31.5. The van der Waals surface area contributed by atoms with Crippen LogP contribution in [0.4, 0.5) is 0 Å². The Morgan fingerprint density at radius 2 is 1.86 bits per heavy atom. The first kappa shape index (κ1) is 14.1. The van der Waals surface area contributed by atoms with Crippen molar-refractivity contribution in [2.75, 3.05) is 0 Å². The minimum Gasteiger partial charge on any atom is -0.748 e. The van der Waals surface area contributed by atoms with E-state index in [4.69, 9.17) is 0 Å². The molecule has 0 bridgehead atoms. The van der Waals surface area contributed by atoms with Crippen molar-refractivity contribution in [1.82, 2.24) is 0 Å². The quantitative estimate of drug-likeness (QED) is 0.445. The summed E-state index contributed by atoms with van der Waals surface area (Å²) in [5.74, 6) is -0.416. The van der Waals surface area contributed by atoms with Crippen molar-refractivity contribution in [2.45, 2.75) is 19.6 Å². The van der Waals surface area contributed by atoms with Crippen molar-refractivity contribution < 1.29 is 42.5 Å². The summed E-state index contributed by atoms with van der Waals surface area (Å²) in [7, 11) is -4.17. The summed E-state index contributed by atoms with van der Waals surface area (Å²) in [6.07, 6.45) is 0. The average molecular weight is 222 g/mol. The van der Waals surface area contributed by atoms with Crippen LogP contribution in [0.25, 0.3) is 0 Å². The van der Waals surface area contributed by atoms with Gasteiger partial charge < -0.3 is 4.55 Å². The number of aryl methyl sites for hydroxylation is 2. The molecule has 0 aliphatic carbocycles. The van der Waals surface area contributed by atoms with Crippen LogP contribution in [0.5, 0.6) is 0 Å². The smallest absolute Gasteiger partial charge is 0.748 e. The molecule has 0 heterocycles. The van der Waals surface area contributed by atoms with Crippen LogP contribution in [0.15, 0.2) is 18.2 Å². The Bertz CT molecular complexity index is 412. The van der Waals surface area contributed by atoms with Crippen molar-refractivity contribution in [3.8, 4) is 0 Å². The molecule has 0 aliphatic rings. The topological polar surface area (TPSA) is 57.2 Å². The Morgan fingerprint density at radius 1 is 1.29 bits per heavy atom. The first-order valence-electron chi connectivity index (χ1n) is 3.88. The maximum atomic E-state index is 10.5. The van der Waals surface area contributed by atoms with Gasteiger partial charge in [-0.05, 0) is 25.0 Å². The van der Waals surface area contributed by atoms with Crippen molar-refractivity contribution in [3.05, 3.63) is 34.9 Å². The van der Waals surface area contributed by atoms with Crippen LogP contribution in [0.3, 0.4) is 0 Å². The monoisotopic (exact) mass is 222 g/mol. The molecular formula is C9H11NaO3S. The van der Waals surface area contributed by atoms with Crippen LogP contribution in [-0.4, -0.2) is 13.0 Å². The molecule has 5 heteroatoms. The van der Waals surface area contributed by atoms with Gasteiger partial charge in [-0.15, -0.1) is 0 Å². The maximum absolute atomic E-state index is 10.5. The zero-order valence-corrected chi connectivity index (χ0v) is 11.4. The van der Waals surface area contributed by atoms with Crippen molar-refractivity contribution in [2.24, 2.45) is 0 Å². The van der Waals surface area contributed by atoms with Crippen LogP contribution < -0.4 is 29.6 Å². The molecule has 0 aromatic heterocycles. The molecule has 3 nitrogen and oxygen atoms in total. The minimum absolute atomic E-state index is 0. The van der Waals surface area contributed by atoms with Gasteiger partial charge in [-0.1, -0.05) is 23.8 Å². The second kappa shape index (κ2) is 5.28. The van der Waals surface area contributed by atoms with E-state index in [9.17, 15) is 13.0 Å². The van der Waals surface area contributed by atoms with Crippen molar-refractivity contribution >= 4 is 10.1 Å². The molecule has 0 atom stereocenters. The Kier molecular flexibility index (Phi) is 5.33. The van der Waals surface area contributed by atoms with Crippen LogP contribution in [-0.2, 0) is 15.9 Å². The van der Waals surface area contributed by atoms with Crippen LogP contribution >= 0.6 is 0 Å². The fourth-order valence-corrected chi connectivity index (χ4v) is 1.84. The van der Waals surface area contributed by atoms with E-state index in [0.29, 0.717) is 5.56 Å². The third-order valence-corrected chi connectivity index (χ3v) is 2.50. The van der Waals surface area contributed by atoms with E-state index in [2.05, 4.69) is 0 Å². The summed E-state index contributed by atoms with van der Waals surface area (Å²) in [6.45, 7) is 3.65. The van der Waals surface area contributed by atoms with E-state index in [0.717, 1.165) is 11.1 Å². The van der Waals surface area contributed by atoms with Gasteiger partial charge in [-0.2, -0.15) is 0 Å². The predicted octanol–water partition coefficient (Wildman–Crippen LogP) is -1.65. The number of hydrogen-bond donors (Lipinski definition) is 0. The number of benzene rings is 1. The van der Waals surface area contributed by atoms with Gasteiger partial charge in [-0.3, -0.25) is 0 Å². The standard InChI is InChI=1S/C9H12O3S.Na/c1-7-3-4-8(2)9(5-7)6-13(10,11)12;/h3-5H,6H2,1-2H3,(H,10,11,12);/q;+1/p-1. The average Bonchev–Trinajstić information content (AvgIpc) is 1.94. The largest absolute Gasteiger partial charge is 1.00 e. The van der Waals surface area contributed by atoms with Gasteiger partial charge in [0.05, 0.1) is 15.9 Å². The Balaban J connectivity index is 0.00000169. The van der Waals surface area contributed by atoms with E-state index in [1.807, 2.05) is 19.1 Å². The van der Waals surface area contributed by atoms with Crippen LogP contribution in [0, 0.1) is 13.8 Å². The van der Waals surface area contributed by atoms with Crippen molar-refractivity contribution in [3.63, 3.8) is 0 Å². The second-order valence-corrected chi connectivity index (χ2v) is 4.54. The molecule has 0 fully saturated rings. The molecule has 1 aromatic carbocycles. The first-order chi connectivity index (χ1) is 5.88. The predicted molar refractivity (Wildman–Crippen MR) is 49.3 cm³/mol. The first-order valence-corrected chi connectivity index (χ1v) is 5.46. The molecule has 1 rings (SSSR count). The van der Waals surface area contributed by atoms with Gasteiger partial charge in [0.15, 0.2) is 0 Å². The van der Waals surface area contributed by atoms with Gasteiger partial charge in [-0.25, -0.2) is 8.42 Å². The summed E-state index contributed by atoms with van der Waals surface area (Å²) in [4.78, 5) is 0. The van der Waals surface area contributed by atoms with Gasteiger partial charge in [0.25, 0.3) is 0 Å². The minimum atomic E-state index is -4.17. The van der Waals surface area contributed by atoms with Crippen molar-refractivity contribution in [1.29, 1.82) is 0 Å². The third-order valence-electron chi connectivity index (χ3n) is 1.84. The van der Waals surface area contributed by atoms with E-state index in [1.54, 1.807) is 13.0 Å². The zero-order valence-electron chi connectivity index (χ0n) is 8.57. The van der Waals surface area contributed by atoms with E-state index < -0.39 is 15.9 Å². The summed E-state index contributed by atoms with van der Waals surface area (Å²) in [5, 5.41) is 0. The van der Waals surface area contributed by atoms with Gasteiger partial charge in [0, 0.05) is 0 Å². The SMILES string of the molecule is Cc1ccc(C)c(CS(=O)(=O)[O-])c1.[Na+]. The molecule has 0 N–H and O–H groups in total. The molecule has 0 aliphatic heterocycles. The molecule has 1 aromatic rings. The molecule has 0 saturated carbocycles. The number of hydrogen-bond acceptors (Lipinski definition) is 3. The molecular weight excluding hydrogens is 211 g/mol. The fourth-order valence-electron chi connectivity index (χ4n) is 1.15. The molecule has 0 spiro atoms. The summed E-state index contributed by atoms with van der Waals surface area (Å²) >= 11 is 0. The van der Waals surface area contributed by atoms with Gasteiger partial charge in [0.1, 0.15) is 0 Å². The normalized spacial score (nSPS) is 10.8. The molecule has 14 heavy (non-hydrogen) atoms. The van der Waals surface area contributed by atoms with E-state index in [-0.39, 0.29) is 29.6 Å². The Labute approximate surface area is 107 Å². The van der Waals surface area contributed by atoms with Crippen LogP contribution in [0.2, 0.25) is 0 Å². The van der Waals surface area contributed by atoms with Gasteiger partial charge >= 0.3 is 29.6 Å². The molecule has 0 amide bonds. The van der Waals surface area contributed by atoms with E-state index >= 15 is 0 Å². The molecule has 0 saturated heterocycles. The van der Waals surface area contributed by atoms with Gasteiger partial charge in [0.2, 0.25) is 0 Å². The molecule has 72 valence electrons. The number of rotatable bonds is 2. The van der Waals surface area contributed by atoms with Crippen LogP contribution in [0.1, 0.15) is 16.7 Å². The fraction of sp³-hybridized carbons (Fsp3) is 0.333. The maximum Gasteiger partial charge on any atom is 1.00 e. The van der Waals surface area contributed by atoms with E-state index in [1.165, 1.54) is 0 Å². The second-order valence-electron chi connectivity index (χ2n) is 3.13. The zero-order chi connectivity index (χ0) is 10.1. The Hall–Kier alpha value is 0.130. The summed E-state index contributed by atoms with van der Waals surface area (Å²) in [5.41, 5.74) is 2.39. The molecule has 0 unspecified atom stereocenters. The summed E-state index contributed by atoms with van der Waals surface area (Å²) in [6, 6.07) is 5.43. The third kappa shape index (κ3) is 4.57. The Morgan fingerprint density at radius 3 is 2.36 bits per heavy atom. The molecule has 0 radical (unpaired) electrons.